The van der Waals surface area contributed by atoms with Crippen LogP contribution < -0.4 is 10.1 Å². The van der Waals surface area contributed by atoms with Crippen LogP contribution in [0.1, 0.15) is 40.3 Å². The first-order valence-electron chi connectivity index (χ1n) is 9.53. The minimum absolute atomic E-state index is 0.101. The lowest BCUT2D eigenvalue weighted by Crippen LogP contribution is -2.22. The van der Waals surface area contributed by atoms with Crippen LogP contribution in [0.25, 0.3) is 0 Å². The number of carbonyl (C=O) groups excluding carboxylic acids is 1. The Bertz CT molecular complexity index is 1250. The zero-order chi connectivity index (χ0) is 22.0. The number of hydrogen-bond acceptors (Lipinski definition) is 6. The first kappa shape index (κ1) is 20.7. The molecule has 0 fully saturated rings. The first-order chi connectivity index (χ1) is 14.8. The topological polar surface area (TPSA) is 114 Å². The Morgan fingerprint density at radius 1 is 1.13 bits per heavy atom. The van der Waals surface area contributed by atoms with Gasteiger partial charge in [-0.05, 0) is 56.2 Å². The van der Waals surface area contributed by atoms with Crippen molar-refractivity contribution in [3.63, 3.8) is 0 Å². The molecule has 2 N–H and O–H groups in total. The van der Waals surface area contributed by atoms with Crippen LogP contribution in [0, 0.1) is 12.7 Å². The summed E-state index contributed by atoms with van der Waals surface area (Å²) in [6.45, 7) is 1.74. The molecule has 0 bridgehead atoms. The highest BCUT2D eigenvalue weighted by Crippen LogP contribution is 2.30. The summed E-state index contributed by atoms with van der Waals surface area (Å²) in [5.74, 6) is -0.209. The summed E-state index contributed by atoms with van der Waals surface area (Å²) in [4.78, 5) is 18.7. The number of halogens is 1. The van der Waals surface area contributed by atoms with Gasteiger partial charge in [-0.3, -0.25) is 9.78 Å². The van der Waals surface area contributed by atoms with Crippen molar-refractivity contribution < 1.29 is 22.0 Å². The van der Waals surface area contributed by atoms with E-state index >= 15 is 0 Å². The normalized spacial score (nSPS) is 14.8. The zero-order valence-corrected chi connectivity index (χ0v) is 17.4. The average Bonchev–Trinajstić information content (AvgIpc) is 3.11. The molecule has 0 atom stereocenters. The number of pyridine rings is 1. The van der Waals surface area contributed by atoms with Crippen molar-refractivity contribution in [2.24, 2.45) is 5.10 Å². The summed E-state index contributed by atoms with van der Waals surface area (Å²) in [5.41, 5.74) is 2.28. The molecule has 1 aliphatic carbocycles. The lowest BCUT2D eigenvalue weighted by molar-refractivity contribution is 0.0994. The number of aryl methyl sites for hydroxylation is 1. The lowest BCUT2D eigenvalue weighted by Gasteiger charge is -2.14. The maximum absolute atomic E-state index is 13.1. The van der Waals surface area contributed by atoms with E-state index in [2.05, 4.69) is 20.2 Å². The number of sulfonamides is 1. The summed E-state index contributed by atoms with van der Waals surface area (Å²) < 4.78 is 43.8. The number of nitrogens with zero attached hydrogens (tertiary/aromatic N) is 2. The summed E-state index contributed by atoms with van der Waals surface area (Å²) in [6.07, 6.45) is 4.96. The Kier molecular flexibility index (Phi) is 5.55. The SMILES string of the molecule is Cc1c(C(=O)Nc2ccncc2)oc2c1/C(=N/NS(=O)(=O)c1ccc(F)cc1)CCC2. The number of amides is 1. The number of furan rings is 1. The van der Waals surface area contributed by atoms with E-state index in [1.165, 1.54) is 0 Å². The van der Waals surface area contributed by atoms with Crippen molar-refractivity contribution in [3.8, 4) is 0 Å². The van der Waals surface area contributed by atoms with Gasteiger partial charge in [0.25, 0.3) is 15.9 Å². The van der Waals surface area contributed by atoms with Crippen molar-refractivity contribution in [3.05, 3.63) is 77.3 Å². The third-order valence-electron chi connectivity index (χ3n) is 4.89. The van der Waals surface area contributed by atoms with Crippen LogP contribution in [0.4, 0.5) is 10.1 Å². The van der Waals surface area contributed by atoms with Crippen molar-refractivity contribution in [1.82, 2.24) is 9.82 Å². The van der Waals surface area contributed by atoms with Crippen molar-refractivity contribution >= 4 is 27.3 Å². The van der Waals surface area contributed by atoms with Crippen molar-refractivity contribution in [1.29, 1.82) is 0 Å². The molecule has 0 saturated heterocycles. The highest BCUT2D eigenvalue weighted by molar-refractivity contribution is 7.89. The molecule has 10 heteroatoms. The van der Waals surface area contributed by atoms with Gasteiger partial charge in [0.1, 0.15) is 11.6 Å². The fourth-order valence-corrected chi connectivity index (χ4v) is 4.23. The zero-order valence-electron chi connectivity index (χ0n) is 16.6. The number of hydrazone groups is 1. The number of fused-ring (bicyclic) bond motifs is 1. The molecule has 0 saturated carbocycles. The van der Waals surface area contributed by atoms with E-state index in [0.717, 1.165) is 24.3 Å². The van der Waals surface area contributed by atoms with Crippen LogP contribution >= 0.6 is 0 Å². The lowest BCUT2D eigenvalue weighted by atomic mass is 9.93. The summed E-state index contributed by atoms with van der Waals surface area (Å²) >= 11 is 0. The van der Waals surface area contributed by atoms with E-state index in [1.54, 1.807) is 31.5 Å². The standard InChI is InChI=1S/C21H19FN4O4S/c1-13-19-17(25-26-31(28,29)16-7-5-14(22)6-8-16)3-2-4-18(19)30-20(13)21(27)24-15-9-11-23-12-10-15/h5-12,26H,2-4H2,1H3,(H,23,24,27)/b25-17+. The average molecular weight is 442 g/mol. The Balaban J connectivity index is 1.60. The van der Waals surface area contributed by atoms with Gasteiger partial charge in [0, 0.05) is 35.6 Å². The molecule has 160 valence electrons. The van der Waals surface area contributed by atoms with E-state index in [4.69, 9.17) is 4.42 Å². The minimum atomic E-state index is -3.96. The second-order valence-corrected chi connectivity index (χ2v) is 8.67. The third kappa shape index (κ3) is 4.33. The molecular formula is C21H19FN4O4S. The molecule has 3 aromatic rings. The molecule has 0 spiro atoms. The quantitative estimate of drug-likeness (QED) is 0.588. The molecule has 2 aromatic heterocycles. The third-order valence-corrected chi connectivity index (χ3v) is 6.12. The number of nitrogens with one attached hydrogen (secondary N) is 2. The molecular weight excluding hydrogens is 423 g/mol. The summed E-state index contributed by atoms with van der Waals surface area (Å²) in [5, 5.41) is 6.85. The predicted molar refractivity (Wildman–Crippen MR) is 112 cm³/mol. The Hall–Kier alpha value is -3.53. The molecule has 0 unspecified atom stereocenters. The van der Waals surface area contributed by atoms with E-state index < -0.39 is 21.7 Å². The second-order valence-electron chi connectivity index (χ2n) is 7.01. The van der Waals surface area contributed by atoms with E-state index in [1.807, 2.05) is 0 Å². The fourth-order valence-electron chi connectivity index (χ4n) is 3.40. The molecule has 4 rings (SSSR count). The van der Waals surface area contributed by atoms with Gasteiger partial charge in [-0.2, -0.15) is 18.4 Å². The van der Waals surface area contributed by atoms with Gasteiger partial charge < -0.3 is 9.73 Å². The molecule has 31 heavy (non-hydrogen) atoms. The number of rotatable bonds is 5. The summed E-state index contributed by atoms with van der Waals surface area (Å²) in [6, 6.07) is 7.77. The molecule has 1 aliphatic rings. The molecule has 0 radical (unpaired) electrons. The molecule has 0 aliphatic heterocycles. The minimum Gasteiger partial charge on any atom is -0.455 e. The van der Waals surface area contributed by atoms with Gasteiger partial charge in [-0.25, -0.2) is 4.39 Å². The second kappa shape index (κ2) is 8.31. The predicted octanol–water partition coefficient (Wildman–Crippen LogP) is 3.39. The molecule has 1 aromatic carbocycles. The monoisotopic (exact) mass is 442 g/mol. The summed E-state index contributed by atoms with van der Waals surface area (Å²) in [7, 11) is -3.96. The van der Waals surface area contributed by atoms with Crippen LogP contribution in [0.15, 0.2) is 63.2 Å². The van der Waals surface area contributed by atoms with Gasteiger partial charge >= 0.3 is 0 Å². The van der Waals surface area contributed by atoms with E-state index in [0.29, 0.717) is 47.5 Å². The molecule has 1 amide bonds. The highest BCUT2D eigenvalue weighted by Gasteiger charge is 2.28. The van der Waals surface area contributed by atoms with Gasteiger partial charge in [-0.15, -0.1) is 0 Å². The van der Waals surface area contributed by atoms with Gasteiger partial charge in [-0.1, -0.05) is 0 Å². The number of hydrogen-bond donors (Lipinski definition) is 2. The van der Waals surface area contributed by atoms with Crippen LogP contribution in [0.5, 0.6) is 0 Å². The Labute approximate surface area is 178 Å². The van der Waals surface area contributed by atoms with E-state index in [9.17, 15) is 17.6 Å². The maximum atomic E-state index is 13.1. The molecule has 8 nitrogen and oxygen atoms in total. The van der Waals surface area contributed by atoms with Crippen molar-refractivity contribution in [2.45, 2.75) is 31.1 Å². The van der Waals surface area contributed by atoms with Crippen LogP contribution in [-0.4, -0.2) is 25.0 Å². The smallest absolute Gasteiger partial charge is 0.291 e. The molecule has 2 heterocycles. The fraction of sp³-hybridized carbons (Fsp3) is 0.190. The van der Waals surface area contributed by atoms with Crippen LogP contribution in [0.2, 0.25) is 0 Å². The van der Waals surface area contributed by atoms with Gasteiger partial charge in [0.2, 0.25) is 0 Å². The number of anilines is 1. The highest BCUT2D eigenvalue weighted by atomic mass is 32.2. The maximum Gasteiger partial charge on any atom is 0.291 e. The van der Waals surface area contributed by atoms with Gasteiger partial charge in [0.05, 0.1) is 10.6 Å². The first-order valence-corrected chi connectivity index (χ1v) is 11.0. The Morgan fingerprint density at radius 3 is 2.55 bits per heavy atom. The van der Waals surface area contributed by atoms with Crippen LogP contribution in [0.3, 0.4) is 0 Å². The number of carbonyl (C=O) groups is 1. The number of aromatic nitrogens is 1. The number of benzene rings is 1. The largest absolute Gasteiger partial charge is 0.455 e. The van der Waals surface area contributed by atoms with E-state index in [-0.39, 0.29) is 10.7 Å². The van der Waals surface area contributed by atoms with Crippen LogP contribution in [-0.2, 0) is 16.4 Å². The van der Waals surface area contributed by atoms with Gasteiger partial charge in [0.15, 0.2) is 5.76 Å². The Morgan fingerprint density at radius 2 is 1.84 bits per heavy atom. The van der Waals surface area contributed by atoms with Crippen molar-refractivity contribution in [2.75, 3.05) is 5.32 Å².